The molecule has 86 valence electrons. The third-order valence-electron chi connectivity index (χ3n) is 2.32. The van der Waals surface area contributed by atoms with E-state index in [4.69, 9.17) is 0 Å². The lowest BCUT2D eigenvalue weighted by Crippen LogP contribution is -2.30. The quantitative estimate of drug-likeness (QED) is 0.707. The zero-order valence-corrected chi connectivity index (χ0v) is 9.77. The molecule has 0 bridgehead atoms. The minimum atomic E-state index is 0.725. The highest BCUT2D eigenvalue weighted by Crippen LogP contribution is 1.96. The average Bonchev–Trinajstić information content (AvgIpc) is 2.63. The number of rotatable bonds is 7. The first-order valence-electron chi connectivity index (χ1n) is 5.46. The molecule has 1 N–H and O–H groups in total. The molecule has 0 saturated carbocycles. The zero-order valence-electron chi connectivity index (χ0n) is 9.77. The fourth-order valence-electron chi connectivity index (χ4n) is 1.45. The van der Waals surface area contributed by atoms with Gasteiger partial charge in [-0.05, 0) is 29.9 Å². The van der Waals surface area contributed by atoms with Crippen LogP contribution >= 0.6 is 0 Å². The van der Waals surface area contributed by atoms with Gasteiger partial charge in [-0.3, -0.25) is 0 Å². The molecule has 0 aliphatic carbocycles. The van der Waals surface area contributed by atoms with Crippen LogP contribution in [-0.4, -0.2) is 51.3 Å². The third kappa shape index (κ3) is 3.83. The lowest BCUT2D eigenvalue weighted by molar-refractivity contribution is 0.299. The molecule has 0 aliphatic heterocycles. The van der Waals surface area contributed by atoms with Crippen molar-refractivity contribution in [1.29, 1.82) is 0 Å². The van der Waals surface area contributed by atoms with Gasteiger partial charge in [0.05, 0.1) is 0 Å². The van der Waals surface area contributed by atoms with Gasteiger partial charge < -0.3 is 10.2 Å². The molecule has 0 spiro atoms. The van der Waals surface area contributed by atoms with E-state index in [1.54, 1.807) is 4.68 Å². The van der Waals surface area contributed by atoms with Gasteiger partial charge >= 0.3 is 0 Å². The van der Waals surface area contributed by atoms with Gasteiger partial charge in [0.15, 0.2) is 0 Å². The van der Waals surface area contributed by atoms with Gasteiger partial charge in [-0.2, -0.15) is 0 Å². The van der Waals surface area contributed by atoms with Crippen LogP contribution in [0.3, 0.4) is 0 Å². The van der Waals surface area contributed by atoms with Crippen molar-refractivity contribution in [2.24, 2.45) is 7.05 Å². The van der Waals surface area contributed by atoms with Gasteiger partial charge in [-0.15, -0.1) is 0 Å². The van der Waals surface area contributed by atoms with Crippen LogP contribution in [0, 0.1) is 0 Å². The molecule has 15 heavy (non-hydrogen) atoms. The molecule has 0 aromatic carbocycles. The monoisotopic (exact) mass is 212 g/mol. The molecule has 0 fully saturated rings. The van der Waals surface area contributed by atoms with Crippen molar-refractivity contribution in [2.75, 3.05) is 31.5 Å². The first-order valence-corrected chi connectivity index (χ1v) is 5.46. The maximum atomic E-state index is 3.86. The van der Waals surface area contributed by atoms with E-state index in [-0.39, 0.29) is 0 Å². The maximum absolute atomic E-state index is 3.86. The first-order chi connectivity index (χ1) is 7.27. The summed E-state index contributed by atoms with van der Waals surface area (Å²) in [6, 6.07) is 0. The zero-order chi connectivity index (χ0) is 11.1. The maximum Gasteiger partial charge on any atom is 0.242 e. The fraction of sp³-hybridized carbons (Fsp3) is 0.889. The third-order valence-corrected chi connectivity index (χ3v) is 2.32. The standard InChI is InChI=1S/C9H20N6/c1-4-7-15(5-2)8-6-10-9-11-12-13-14(9)3/h4-8H2,1-3H3,(H,10,11,13). The van der Waals surface area contributed by atoms with Gasteiger partial charge in [0.1, 0.15) is 0 Å². The minimum Gasteiger partial charge on any atom is -0.352 e. The lowest BCUT2D eigenvalue weighted by atomic mass is 10.4. The molecule has 0 atom stereocenters. The summed E-state index contributed by atoms with van der Waals surface area (Å²) in [6.07, 6.45) is 1.19. The Bertz CT molecular complexity index is 271. The number of tetrazole rings is 1. The first kappa shape index (κ1) is 11.9. The van der Waals surface area contributed by atoms with E-state index in [1.165, 1.54) is 6.42 Å². The number of aromatic nitrogens is 4. The second-order valence-electron chi connectivity index (χ2n) is 3.49. The second-order valence-corrected chi connectivity index (χ2v) is 3.49. The van der Waals surface area contributed by atoms with Crippen molar-refractivity contribution in [1.82, 2.24) is 25.1 Å². The molecule has 6 nitrogen and oxygen atoms in total. The Morgan fingerprint density at radius 3 is 2.67 bits per heavy atom. The second kappa shape index (κ2) is 6.34. The van der Waals surface area contributed by atoms with Crippen LogP contribution in [0.2, 0.25) is 0 Å². The van der Waals surface area contributed by atoms with Crippen molar-refractivity contribution in [3.05, 3.63) is 0 Å². The Morgan fingerprint density at radius 1 is 1.33 bits per heavy atom. The van der Waals surface area contributed by atoms with Crippen LogP contribution < -0.4 is 5.32 Å². The van der Waals surface area contributed by atoms with Gasteiger partial charge in [-0.25, -0.2) is 4.68 Å². The molecule has 6 heteroatoms. The highest BCUT2D eigenvalue weighted by molar-refractivity contribution is 5.20. The van der Waals surface area contributed by atoms with Gasteiger partial charge in [0.2, 0.25) is 5.95 Å². The summed E-state index contributed by atoms with van der Waals surface area (Å²) in [5, 5.41) is 14.4. The number of nitrogens with one attached hydrogen (secondary N) is 1. The van der Waals surface area contributed by atoms with E-state index < -0.39 is 0 Å². The number of anilines is 1. The Morgan fingerprint density at radius 2 is 2.13 bits per heavy atom. The molecule has 0 radical (unpaired) electrons. The topological polar surface area (TPSA) is 58.9 Å². The van der Waals surface area contributed by atoms with E-state index in [0.717, 1.165) is 32.1 Å². The highest BCUT2D eigenvalue weighted by atomic mass is 15.6. The molecule has 0 amide bonds. The molecule has 1 aromatic heterocycles. The Labute approximate surface area is 90.6 Å². The van der Waals surface area contributed by atoms with Crippen LogP contribution in [0.4, 0.5) is 5.95 Å². The van der Waals surface area contributed by atoms with Crippen molar-refractivity contribution in [3.8, 4) is 0 Å². The number of hydrogen-bond acceptors (Lipinski definition) is 5. The summed E-state index contributed by atoms with van der Waals surface area (Å²) in [5.74, 6) is 0.725. The van der Waals surface area contributed by atoms with Crippen LogP contribution in [-0.2, 0) is 7.05 Å². The van der Waals surface area contributed by atoms with Crippen molar-refractivity contribution in [3.63, 3.8) is 0 Å². The summed E-state index contributed by atoms with van der Waals surface area (Å²) in [6.45, 7) is 8.52. The summed E-state index contributed by atoms with van der Waals surface area (Å²) in [5.41, 5.74) is 0. The summed E-state index contributed by atoms with van der Waals surface area (Å²) < 4.78 is 1.64. The van der Waals surface area contributed by atoms with Crippen molar-refractivity contribution < 1.29 is 0 Å². The van der Waals surface area contributed by atoms with Crippen LogP contribution in [0.15, 0.2) is 0 Å². The molecular formula is C9H20N6. The average molecular weight is 212 g/mol. The van der Waals surface area contributed by atoms with Crippen molar-refractivity contribution >= 4 is 5.95 Å². The predicted molar refractivity (Wildman–Crippen MR) is 59.7 cm³/mol. The largest absolute Gasteiger partial charge is 0.352 e. The molecule has 1 aromatic rings. The summed E-state index contributed by atoms with van der Waals surface area (Å²) in [4.78, 5) is 2.40. The molecule has 0 aliphatic rings. The fourth-order valence-corrected chi connectivity index (χ4v) is 1.45. The molecule has 1 rings (SSSR count). The Kier molecular flexibility index (Phi) is 5.03. The van der Waals surface area contributed by atoms with Crippen molar-refractivity contribution in [2.45, 2.75) is 20.3 Å². The Balaban J connectivity index is 2.23. The number of nitrogens with zero attached hydrogens (tertiary/aromatic N) is 5. The number of aryl methyl sites for hydroxylation is 1. The lowest BCUT2D eigenvalue weighted by Gasteiger charge is -2.19. The van der Waals surface area contributed by atoms with E-state index in [1.807, 2.05) is 7.05 Å². The number of likely N-dealkylation sites (N-methyl/N-ethyl adjacent to an activating group) is 1. The summed E-state index contributed by atoms with van der Waals surface area (Å²) in [7, 11) is 1.83. The van der Waals surface area contributed by atoms with Gasteiger partial charge in [-0.1, -0.05) is 18.9 Å². The smallest absolute Gasteiger partial charge is 0.242 e. The highest BCUT2D eigenvalue weighted by Gasteiger charge is 2.02. The van der Waals surface area contributed by atoms with E-state index in [2.05, 4.69) is 39.6 Å². The van der Waals surface area contributed by atoms with Crippen LogP contribution in [0.1, 0.15) is 20.3 Å². The van der Waals surface area contributed by atoms with Crippen LogP contribution in [0.5, 0.6) is 0 Å². The Hall–Kier alpha value is -1.17. The van der Waals surface area contributed by atoms with E-state index in [9.17, 15) is 0 Å². The molecule has 1 heterocycles. The molecule has 0 unspecified atom stereocenters. The van der Waals surface area contributed by atoms with Gasteiger partial charge in [0.25, 0.3) is 0 Å². The minimum absolute atomic E-state index is 0.725. The SMILES string of the molecule is CCCN(CC)CCNc1nnnn1C. The van der Waals surface area contributed by atoms with Gasteiger partial charge in [0, 0.05) is 20.1 Å². The normalized spacial score (nSPS) is 10.9. The summed E-state index contributed by atoms with van der Waals surface area (Å²) >= 11 is 0. The van der Waals surface area contributed by atoms with E-state index >= 15 is 0 Å². The number of hydrogen-bond donors (Lipinski definition) is 1. The van der Waals surface area contributed by atoms with Crippen LogP contribution in [0.25, 0.3) is 0 Å². The molecule has 0 saturated heterocycles. The molecular weight excluding hydrogens is 192 g/mol. The van der Waals surface area contributed by atoms with E-state index in [0.29, 0.717) is 0 Å². The predicted octanol–water partition coefficient (Wildman–Crippen LogP) is 0.354.